The smallest absolute Gasteiger partial charge is 0.225 e. The average molecular weight is 261 g/mol. The molecule has 2 aliphatic rings. The highest BCUT2D eigenvalue weighted by molar-refractivity contribution is 5.29. The van der Waals surface area contributed by atoms with E-state index in [0.717, 1.165) is 30.9 Å². The Balaban J connectivity index is 1.66. The molecule has 4 nitrogen and oxygen atoms in total. The molecule has 1 N–H and O–H groups in total. The van der Waals surface area contributed by atoms with Crippen LogP contribution in [0.1, 0.15) is 32.1 Å². The SMILES string of the molecule is OC[C@@H]1CCC2CCN(c3ncccn3)C[C@@H]2CC1. The Morgan fingerprint density at radius 1 is 1.05 bits per heavy atom. The number of aliphatic hydroxyl groups excluding tert-OH is 1. The van der Waals surface area contributed by atoms with Crippen LogP contribution in [-0.2, 0) is 0 Å². The molecule has 0 amide bonds. The van der Waals surface area contributed by atoms with Crippen LogP contribution in [0.2, 0.25) is 0 Å². The number of anilines is 1. The molecule has 0 aromatic carbocycles. The fourth-order valence-electron chi connectivity index (χ4n) is 3.65. The summed E-state index contributed by atoms with van der Waals surface area (Å²) in [5, 5.41) is 9.35. The van der Waals surface area contributed by atoms with Crippen molar-refractivity contribution < 1.29 is 5.11 Å². The molecule has 2 heterocycles. The summed E-state index contributed by atoms with van der Waals surface area (Å²) in [5.41, 5.74) is 0. The van der Waals surface area contributed by atoms with Crippen molar-refractivity contribution in [1.82, 2.24) is 9.97 Å². The van der Waals surface area contributed by atoms with Crippen LogP contribution < -0.4 is 4.90 Å². The van der Waals surface area contributed by atoms with Gasteiger partial charge in [0.2, 0.25) is 5.95 Å². The van der Waals surface area contributed by atoms with Crippen molar-refractivity contribution in [2.75, 3.05) is 24.6 Å². The molecule has 2 fully saturated rings. The predicted molar refractivity (Wildman–Crippen MR) is 74.9 cm³/mol. The molecule has 19 heavy (non-hydrogen) atoms. The Morgan fingerprint density at radius 3 is 2.53 bits per heavy atom. The molecule has 0 radical (unpaired) electrons. The van der Waals surface area contributed by atoms with Crippen molar-refractivity contribution in [1.29, 1.82) is 0 Å². The van der Waals surface area contributed by atoms with E-state index in [1.807, 2.05) is 18.5 Å². The fourth-order valence-corrected chi connectivity index (χ4v) is 3.65. The third kappa shape index (κ3) is 2.89. The normalized spacial score (nSPS) is 31.6. The number of aromatic nitrogens is 2. The van der Waals surface area contributed by atoms with Crippen LogP contribution in [0.15, 0.2) is 18.5 Å². The van der Waals surface area contributed by atoms with E-state index in [4.69, 9.17) is 0 Å². The minimum atomic E-state index is 0.366. The van der Waals surface area contributed by atoms with Crippen LogP contribution in [0.3, 0.4) is 0 Å². The van der Waals surface area contributed by atoms with E-state index in [-0.39, 0.29) is 0 Å². The third-order valence-corrected chi connectivity index (χ3v) is 4.88. The summed E-state index contributed by atoms with van der Waals surface area (Å²) in [7, 11) is 0. The summed E-state index contributed by atoms with van der Waals surface area (Å²) in [4.78, 5) is 11.1. The number of fused-ring (bicyclic) bond motifs is 1. The first-order chi connectivity index (χ1) is 9.36. The summed E-state index contributed by atoms with van der Waals surface area (Å²) in [6.45, 7) is 2.53. The minimum Gasteiger partial charge on any atom is -0.396 e. The molecule has 1 aliphatic heterocycles. The van der Waals surface area contributed by atoms with Gasteiger partial charge in [0.15, 0.2) is 0 Å². The molecule has 3 atom stereocenters. The van der Waals surface area contributed by atoms with E-state index in [9.17, 15) is 5.11 Å². The van der Waals surface area contributed by atoms with Gasteiger partial charge in [0.25, 0.3) is 0 Å². The molecule has 3 rings (SSSR count). The van der Waals surface area contributed by atoms with Crippen molar-refractivity contribution in [3.8, 4) is 0 Å². The van der Waals surface area contributed by atoms with Crippen LogP contribution in [0.5, 0.6) is 0 Å². The number of rotatable bonds is 2. The quantitative estimate of drug-likeness (QED) is 0.885. The molecule has 1 saturated carbocycles. The average Bonchev–Trinajstić information content (AvgIpc) is 2.69. The van der Waals surface area contributed by atoms with E-state index in [1.54, 1.807) is 0 Å². The number of hydrogen-bond donors (Lipinski definition) is 1. The molecule has 1 unspecified atom stereocenters. The second kappa shape index (κ2) is 5.87. The van der Waals surface area contributed by atoms with Crippen molar-refractivity contribution in [3.05, 3.63) is 18.5 Å². The van der Waals surface area contributed by atoms with E-state index < -0.39 is 0 Å². The van der Waals surface area contributed by atoms with Gasteiger partial charge in [0.1, 0.15) is 0 Å². The van der Waals surface area contributed by atoms with Gasteiger partial charge >= 0.3 is 0 Å². The third-order valence-electron chi connectivity index (χ3n) is 4.88. The fraction of sp³-hybridized carbons (Fsp3) is 0.733. The Hall–Kier alpha value is -1.16. The molecule has 4 heteroatoms. The molecule has 104 valence electrons. The summed E-state index contributed by atoms with van der Waals surface area (Å²) in [6.07, 6.45) is 9.83. The van der Waals surface area contributed by atoms with Crippen LogP contribution in [-0.4, -0.2) is 34.8 Å². The van der Waals surface area contributed by atoms with Gasteiger partial charge in [0.05, 0.1) is 0 Å². The Bertz CT molecular complexity index is 398. The largest absolute Gasteiger partial charge is 0.396 e. The molecule has 1 saturated heterocycles. The second-order valence-corrected chi connectivity index (χ2v) is 6.01. The first-order valence-corrected chi connectivity index (χ1v) is 7.49. The summed E-state index contributed by atoms with van der Waals surface area (Å²) >= 11 is 0. The van der Waals surface area contributed by atoms with E-state index in [2.05, 4.69) is 14.9 Å². The zero-order valence-corrected chi connectivity index (χ0v) is 11.4. The van der Waals surface area contributed by atoms with E-state index in [1.165, 1.54) is 32.1 Å². The number of aliphatic hydroxyl groups is 1. The minimum absolute atomic E-state index is 0.366. The topological polar surface area (TPSA) is 49.2 Å². The van der Waals surface area contributed by atoms with E-state index >= 15 is 0 Å². The van der Waals surface area contributed by atoms with Gasteiger partial charge in [-0.15, -0.1) is 0 Å². The maximum Gasteiger partial charge on any atom is 0.225 e. The first kappa shape index (κ1) is 12.9. The van der Waals surface area contributed by atoms with Crippen LogP contribution in [0, 0.1) is 17.8 Å². The number of piperidine rings is 1. The summed E-state index contributed by atoms with van der Waals surface area (Å²) in [5.74, 6) is 3.02. The van der Waals surface area contributed by atoms with Gasteiger partial charge in [-0.3, -0.25) is 0 Å². The van der Waals surface area contributed by atoms with Gasteiger partial charge in [-0.25, -0.2) is 9.97 Å². The molecule has 1 aliphatic carbocycles. The number of nitrogens with zero attached hydrogens (tertiary/aromatic N) is 3. The lowest BCUT2D eigenvalue weighted by Crippen LogP contribution is -2.41. The van der Waals surface area contributed by atoms with Crippen molar-refractivity contribution in [3.63, 3.8) is 0 Å². The lowest BCUT2D eigenvalue weighted by molar-refractivity contribution is 0.211. The van der Waals surface area contributed by atoms with Crippen LogP contribution in [0.25, 0.3) is 0 Å². The zero-order chi connectivity index (χ0) is 13.1. The second-order valence-electron chi connectivity index (χ2n) is 6.01. The lowest BCUT2D eigenvalue weighted by atomic mass is 9.82. The molecule has 0 bridgehead atoms. The monoisotopic (exact) mass is 261 g/mol. The van der Waals surface area contributed by atoms with Gasteiger partial charge in [0, 0.05) is 32.1 Å². The summed E-state index contributed by atoms with van der Waals surface area (Å²) in [6, 6.07) is 1.87. The van der Waals surface area contributed by atoms with Gasteiger partial charge in [-0.05, 0) is 55.9 Å². The predicted octanol–water partition coefficient (Wildman–Crippen LogP) is 2.10. The van der Waals surface area contributed by atoms with Crippen LogP contribution >= 0.6 is 0 Å². The molecule has 1 aromatic heterocycles. The molecular weight excluding hydrogens is 238 g/mol. The van der Waals surface area contributed by atoms with Crippen molar-refractivity contribution >= 4 is 5.95 Å². The molecule has 0 spiro atoms. The Kier molecular flexibility index (Phi) is 3.97. The standard InChI is InChI=1S/C15H23N3O/c19-11-12-2-4-13-6-9-18(10-14(13)5-3-12)15-16-7-1-8-17-15/h1,7-8,12-14,19H,2-6,9-11H2/t12-,13?,14+/m1/s1. The molecular formula is C15H23N3O. The lowest BCUT2D eigenvalue weighted by Gasteiger charge is -2.37. The maximum absolute atomic E-state index is 9.35. The van der Waals surface area contributed by atoms with Gasteiger partial charge in [-0.1, -0.05) is 0 Å². The number of hydrogen-bond acceptors (Lipinski definition) is 4. The van der Waals surface area contributed by atoms with Crippen LogP contribution in [0.4, 0.5) is 5.95 Å². The zero-order valence-electron chi connectivity index (χ0n) is 11.4. The highest BCUT2D eigenvalue weighted by Gasteiger charge is 2.32. The van der Waals surface area contributed by atoms with Crippen molar-refractivity contribution in [2.45, 2.75) is 32.1 Å². The Labute approximate surface area is 114 Å². The molecule has 1 aromatic rings. The van der Waals surface area contributed by atoms with E-state index in [0.29, 0.717) is 12.5 Å². The van der Waals surface area contributed by atoms with Gasteiger partial charge < -0.3 is 10.0 Å². The highest BCUT2D eigenvalue weighted by atomic mass is 16.3. The maximum atomic E-state index is 9.35. The highest BCUT2D eigenvalue weighted by Crippen LogP contribution is 2.37. The van der Waals surface area contributed by atoms with Crippen molar-refractivity contribution in [2.24, 2.45) is 17.8 Å². The Morgan fingerprint density at radius 2 is 1.79 bits per heavy atom. The summed E-state index contributed by atoms with van der Waals surface area (Å²) < 4.78 is 0. The first-order valence-electron chi connectivity index (χ1n) is 7.49. The van der Waals surface area contributed by atoms with Gasteiger partial charge in [-0.2, -0.15) is 0 Å².